The second-order valence-electron chi connectivity index (χ2n) is 15.1. The summed E-state index contributed by atoms with van der Waals surface area (Å²) >= 11 is 0. The maximum absolute atomic E-state index is 2.54. The number of rotatable bonds is 6. The van der Waals surface area contributed by atoms with E-state index in [1.165, 1.54) is 101 Å². The lowest BCUT2D eigenvalue weighted by molar-refractivity contribution is 0.732. The normalized spacial score (nSPS) is 17.4. The van der Waals surface area contributed by atoms with Crippen molar-refractivity contribution in [1.82, 2.24) is 0 Å². The number of nitrogens with zero attached hydrogens (tertiary/aromatic N) is 1. The van der Waals surface area contributed by atoms with Crippen LogP contribution in [0.25, 0.3) is 33.4 Å². The van der Waals surface area contributed by atoms with Crippen LogP contribution in [0, 0.1) is 6.92 Å². The summed E-state index contributed by atoms with van der Waals surface area (Å²) < 4.78 is 0. The molecule has 0 bridgehead atoms. The van der Waals surface area contributed by atoms with Gasteiger partial charge in [-0.15, -0.1) is 0 Å². The number of hydrogen-bond acceptors (Lipinski definition) is 1. The first-order valence-corrected chi connectivity index (χ1v) is 20.3. The predicted molar refractivity (Wildman–Crippen MR) is 235 cm³/mol. The highest BCUT2D eigenvalue weighted by Crippen LogP contribution is 2.65. The number of anilines is 2. The molecule has 6 aromatic carbocycles. The quantitative estimate of drug-likeness (QED) is 0.166. The van der Waals surface area contributed by atoms with E-state index in [1.807, 2.05) is 13.8 Å². The first-order valence-electron chi connectivity index (χ1n) is 20.3. The van der Waals surface area contributed by atoms with Crippen LogP contribution < -0.4 is 4.90 Å². The average molecular weight is 712 g/mol. The van der Waals surface area contributed by atoms with Crippen molar-refractivity contribution < 1.29 is 0 Å². The Bertz CT molecular complexity index is 2590. The molecule has 0 saturated carbocycles. The Hall–Kier alpha value is -5.92. The van der Waals surface area contributed by atoms with Gasteiger partial charge in [-0.05, 0) is 159 Å². The van der Waals surface area contributed by atoms with E-state index in [4.69, 9.17) is 0 Å². The second-order valence-corrected chi connectivity index (χ2v) is 15.1. The SMILES string of the molecule is CC.CCC1=C(C2=C(C)c3ccccc3C2)c2ccccc2C12c1cc(-c3ccccc3)ccc1-c1ccc(N(C3=CCCC=C3)c3cccc(C)c3)cc12. The van der Waals surface area contributed by atoms with Crippen molar-refractivity contribution in [3.63, 3.8) is 0 Å². The highest BCUT2D eigenvalue weighted by Gasteiger charge is 2.53. The van der Waals surface area contributed by atoms with Gasteiger partial charge in [0.05, 0.1) is 5.41 Å². The molecule has 0 aromatic heterocycles. The smallest absolute Gasteiger partial charge is 0.0689 e. The summed E-state index contributed by atoms with van der Waals surface area (Å²) in [6.07, 6.45) is 11.1. The summed E-state index contributed by atoms with van der Waals surface area (Å²) in [6, 6.07) is 52.8. The minimum Gasteiger partial charge on any atom is -0.311 e. The van der Waals surface area contributed by atoms with Crippen LogP contribution in [0.2, 0.25) is 0 Å². The largest absolute Gasteiger partial charge is 0.311 e. The van der Waals surface area contributed by atoms with E-state index >= 15 is 0 Å². The number of fused-ring (bicyclic) bond motifs is 8. The van der Waals surface area contributed by atoms with E-state index in [9.17, 15) is 0 Å². The first kappa shape index (κ1) is 34.8. The van der Waals surface area contributed by atoms with Crippen LogP contribution in [0.1, 0.15) is 85.9 Å². The van der Waals surface area contributed by atoms with Crippen LogP contribution in [-0.4, -0.2) is 0 Å². The fraction of sp³-hybridized carbons (Fsp3) is 0.185. The zero-order valence-electron chi connectivity index (χ0n) is 32.8. The molecule has 1 nitrogen and oxygen atoms in total. The van der Waals surface area contributed by atoms with Gasteiger partial charge in [0.2, 0.25) is 0 Å². The van der Waals surface area contributed by atoms with E-state index in [2.05, 4.69) is 183 Å². The molecule has 4 aliphatic carbocycles. The van der Waals surface area contributed by atoms with Crippen molar-refractivity contribution in [2.45, 2.75) is 65.7 Å². The van der Waals surface area contributed by atoms with Gasteiger partial charge in [-0.25, -0.2) is 0 Å². The monoisotopic (exact) mass is 711 g/mol. The third-order valence-electron chi connectivity index (χ3n) is 12.2. The predicted octanol–water partition coefficient (Wildman–Crippen LogP) is 14.6. The van der Waals surface area contributed by atoms with E-state index in [1.54, 1.807) is 0 Å². The first-order chi connectivity index (χ1) is 27.1. The van der Waals surface area contributed by atoms with Gasteiger partial charge in [0.15, 0.2) is 0 Å². The van der Waals surface area contributed by atoms with Crippen LogP contribution in [0.3, 0.4) is 0 Å². The van der Waals surface area contributed by atoms with Crippen molar-refractivity contribution in [2.75, 3.05) is 4.90 Å². The minimum absolute atomic E-state index is 0.427. The lowest BCUT2D eigenvalue weighted by Crippen LogP contribution is -2.28. The molecule has 0 aliphatic heterocycles. The summed E-state index contributed by atoms with van der Waals surface area (Å²) in [5.41, 5.74) is 23.9. The Morgan fingerprint density at radius 1 is 0.582 bits per heavy atom. The highest BCUT2D eigenvalue weighted by molar-refractivity contribution is 6.03. The molecule has 6 aromatic rings. The van der Waals surface area contributed by atoms with Gasteiger partial charge in [0, 0.05) is 17.1 Å². The zero-order valence-corrected chi connectivity index (χ0v) is 32.8. The summed E-state index contributed by atoms with van der Waals surface area (Å²) in [6.45, 7) is 10.9. The maximum Gasteiger partial charge on any atom is 0.0689 e. The standard InChI is InChI=1S/C52H43N.C2H6/c1-4-47-51(46-31-38-19-11-12-23-42(38)35(46)3)45-24-13-14-25-48(45)52(47)49-32-37(36-17-7-5-8-18-36)26-28-43(49)44-29-27-41(33-50(44)52)53(39-20-9-6-10-21-39)40-22-15-16-34(2)30-40;1-2/h5,7-9,11-30,32-33H,4,6,10,31H2,1-3H3;1-2H3. The Kier molecular flexibility index (Phi) is 8.90. The topological polar surface area (TPSA) is 3.24 Å². The molecule has 0 saturated heterocycles. The fourth-order valence-corrected chi connectivity index (χ4v) is 9.99. The molecule has 0 heterocycles. The van der Waals surface area contributed by atoms with Crippen molar-refractivity contribution in [3.8, 4) is 22.3 Å². The van der Waals surface area contributed by atoms with Gasteiger partial charge >= 0.3 is 0 Å². The van der Waals surface area contributed by atoms with Gasteiger partial charge in [-0.3, -0.25) is 0 Å². The zero-order chi connectivity index (χ0) is 37.7. The summed E-state index contributed by atoms with van der Waals surface area (Å²) in [4.78, 5) is 2.48. The highest BCUT2D eigenvalue weighted by atomic mass is 15.1. The Morgan fingerprint density at radius 2 is 1.29 bits per heavy atom. The van der Waals surface area contributed by atoms with Gasteiger partial charge < -0.3 is 4.90 Å². The number of aryl methyl sites for hydroxylation is 1. The molecule has 270 valence electrons. The molecule has 0 amide bonds. The molecular formula is C54H49N. The molecule has 1 atom stereocenters. The fourth-order valence-electron chi connectivity index (χ4n) is 9.99. The average Bonchev–Trinajstić information content (AvgIpc) is 3.84. The number of allylic oxidation sites excluding steroid dienone is 7. The van der Waals surface area contributed by atoms with E-state index < -0.39 is 5.41 Å². The van der Waals surface area contributed by atoms with Gasteiger partial charge in [-0.1, -0.05) is 142 Å². The third kappa shape index (κ3) is 5.35. The van der Waals surface area contributed by atoms with Crippen molar-refractivity contribution in [3.05, 3.63) is 214 Å². The Balaban J connectivity index is 0.00000195. The lowest BCUT2D eigenvalue weighted by atomic mass is 9.68. The van der Waals surface area contributed by atoms with Crippen molar-refractivity contribution in [2.24, 2.45) is 0 Å². The molecule has 4 aliphatic rings. The van der Waals surface area contributed by atoms with Gasteiger partial charge in [-0.2, -0.15) is 0 Å². The minimum atomic E-state index is -0.427. The van der Waals surface area contributed by atoms with Crippen LogP contribution in [0.4, 0.5) is 11.4 Å². The van der Waals surface area contributed by atoms with E-state index in [0.717, 1.165) is 25.7 Å². The van der Waals surface area contributed by atoms with Crippen LogP contribution in [0.15, 0.2) is 175 Å². The van der Waals surface area contributed by atoms with Crippen molar-refractivity contribution >= 4 is 22.5 Å². The van der Waals surface area contributed by atoms with Crippen LogP contribution in [0.5, 0.6) is 0 Å². The van der Waals surface area contributed by atoms with E-state index in [-0.39, 0.29) is 0 Å². The summed E-state index contributed by atoms with van der Waals surface area (Å²) in [7, 11) is 0. The number of benzene rings is 6. The molecular weight excluding hydrogens is 663 g/mol. The van der Waals surface area contributed by atoms with Gasteiger partial charge in [0.1, 0.15) is 0 Å². The van der Waals surface area contributed by atoms with Crippen LogP contribution in [-0.2, 0) is 11.8 Å². The Morgan fingerprint density at radius 3 is 2.04 bits per heavy atom. The molecule has 55 heavy (non-hydrogen) atoms. The third-order valence-corrected chi connectivity index (χ3v) is 12.2. The maximum atomic E-state index is 2.54. The molecule has 1 heteroatoms. The Labute approximate surface area is 327 Å². The lowest BCUT2D eigenvalue weighted by Gasteiger charge is -2.34. The molecule has 0 fully saturated rings. The van der Waals surface area contributed by atoms with Gasteiger partial charge in [0.25, 0.3) is 0 Å². The molecule has 0 radical (unpaired) electrons. The summed E-state index contributed by atoms with van der Waals surface area (Å²) in [5, 5.41) is 0. The second kappa shape index (κ2) is 14.1. The molecule has 1 spiro atoms. The van der Waals surface area contributed by atoms with E-state index in [0.29, 0.717) is 0 Å². The summed E-state index contributed by atoms with van der Waals surface area (Å²) in [5.74, 6) is 0. The molecule has 0 N–H and O–H groups in total. The van der Waals surface area contributed by atoms with Crippen LogP contribution >= 0.6 is 0 Å². The molecule has 1 unspecified atom stereocenters. The number of hydrogen-bond donors (Lipinski definition) is 0. The molecule has 10 rings (SSSR count). The van der Waals surface area contributed by atoms with Crippen molar-refractivity contribution in [1.29, 1.82) is 0 Å².